The predicted molar refractivity (Wildman–Crippen MR) is 71.9 cm³/mol. The van der Waals surface area contributed by atoms with Crippen molar-refractivity contribution in [1.29, 1.82) is 0 Å². The smallest absolute Gasteiger partial charge is 0.226 e. The molecule has 94 valence electrons. The third kappa shape index (κ3) is 5.00. The Hall–Kier alpha value is -1.35. The molecule has 0 aliphatic carbocycles. The summed E-state index contributed by atoms with van der Waals surface area (Å²) in [7, 11) is 0. The fraction of sp³-hybridized carbons (Fsp3) is 0.500. The van der Waals surface area contributed by atoms with Gasteiger partial charge in [-0.3, -0.25) is 4.79 Å². The predicted octanol–water partition coefficient (Wildman–Crippen LogP) is 2.78. The Morgan fingerprint density at radius 1 is 1.12 bits per heavy atom. The molecule has 17 heavy (non-hydrogen) atoms. The van der Waals surface area contributed by atoms with Crippen LogP contribution in [-0.4, -0.2) is 11.9 Å². The highest BCUT2D eigenvalue weighted by atomic mass is 16.1. The molecule has 0 bridgehead atoms. The molecular weight excluding hydrogens is 212 g/mol. The van der Waals surface area contributed by atoms with E-state index in [1.165, 1.54) is 5.56 Å². The second kappa shape index (κ2) is 6.40. The number of anilines is 1. The first kappa shape index (κ1) is 13.7. The van der Waals surface area contributed by atoms with Crippen molar-refractivity contribution in [3.63, 3.8) is 0 Å². The van der Waals surface area contributed by atoms with Gasteiger partial charge in [0.25, 0.3) is 0 Å². The highest BCUT2D eigenvalue weighted by Crippen LogP contribution is 2.11. The van der Waals surface area contributed by atoms with Gasteiger partial charge in [0, 0.05) is 24.2 Å². The van der Waals surface area contributed by atoms with Crippen molar-refractivity contribution < 1.29 is 4.79 Å². The normalized spacial score (nSPS) is 10.9. The van der Waals surface area contributed by atoms with Gasteiger partial charge in [-0.05, 0) is 17.7 Å². The third-order valence-corrected chi connectivity index (χ3v) is 2.46. The Bertz CT molecular complexity index is 355. The van der Waals surface area contributed by atoms with E-state index in [1.54, 1.807) is 0 Å². The minimum Gasteiger partial charge on any atom is -0.326 e. The van der Waals surface area contributed by atoms with Crippen LogP contribution < -0.4 is 10.6 Å². The quantitative estimate of drug-likeness (QED) is 0.822. The van der Waals surface area contributed by atoms with Crippen LogP contribution in [0.25, 0.3) is 0 Å². The average molecular weight is 234 g/mol. The Morgan fingerprint density at radius 2 is 1.71 bits per heavy atom. The number of carbonyl (C=O) groups excluding carboxylic acids is 1. The molecule has 2 N–H and O–H groups in total. The number of carbonyl (C=O) groups is 1. The molecule has 0 spiro atoms. The Balaban J connectivity index is 2.53. The largest absolute Gasteiger partial charge is 0.326 e. The minimum atomic E-state index is 0.0114. The Kier molecular flexibility index (Phi) is 5.16. The van der Waals surface area contributed by atoms with E-state index in [-0.39, 0.29) is 11.8 Å². The SMILES string of the molecule is CC(C)NCc1ccc(NC(=O)C(C)C)cc1. The molecule has 0 fully saturated rings. The monoisotopic (exact) mass is 234 g/mol. The van der Waals surface area contributed by atoms with Crippen LogP contribution in [0.5, 0.6) is 0 Å². The van der Waals surface area contributed by atoms with Crippen LogP contribution in [-0.2, 0) is 11.3 Å². The first-order chi connectivity index (χ1) is 7.99. The minimum absolute atomic E-state index is 0.0114. The summed E-state index contributed by atoms with van der Waals surface area (Å²) in [6.07, 6.45) is 0. The maximum absolute atomic E-state index is 11.5. The third-order valence-electron chi connectivity index (χ3n) is 2.46. The molecular formula is C14H22N2O. The molecule has 0 saturated carbocycles. The van der Waals surface area contributed by atoms with Gasteiger partial charge in [0.2, 0.25) is 5.91 Å². The molecule has 0 aliphatic heterocycles. The van der Waals surface area contributed by atoms with Crippen molar-refractivity contribution >= 4 is 11.6 Å². The van der Waals surface area contributed by atoms with Crippen LogP contribution in [0.4, 0.5) is 5.69 Å². The van der Waals surface area contributed by atoms with Gasteiger partial charge in [0.1, 0.15) is 0 Å². The number of benzene rings is 1. The van der Waals surface area contributed by atoms with Crippen LogP contribution >= 0.6 is 0 Å². The molecule has 1 amide bonds. The van der Waals surface area contributed by atoms with Crippen LogP contribution in [0.2, 0.25) is 0 Å². The number of amides is 1. The lowest BCUT2D eigenvalue weighted by Crippen LogP contribution is -2.21. The molecule has 1 aromatic carbocycles. The van der Waals surface area contributed by atoms with Gasteiger partial charge in [-0.2, -0.15) is 0 Å². The van der Waals surface area contributed by atoms with E-state index in [0.717, 1.165) is 12.2 Å². The van der Waals surface area contributed by atoms with Crippen molar-refractivity contribution in [3.8, 4) is 0 Å². The van der Waals surface area contributed by atoms with Crippen molar-refractivity contribution in [2.75, 3.05) is 5.32 Å². The molecule has 0 heterocycles. The molecule has 0 unspecified atom stereocenters. The summed E-state index contributed by atoms with van der Waals surface area (Å²) in [5.74, 6) is 0.0651. The van der Waals surface area contributed by atoms with Crippen LogP contribution in [0.1, 0.15) is 33.3 Å². The average Bonchev–Trinajstić information content (AvgIpc) is 2.28. The summed E-state index contributed by atoms with van der Waals surface area (Å²) in [4.78, 5) is 11.5. The van der Waals surface area contributed by atoms with Gasteiger partial charge in [-0.1, -0.05) is 39.8 Å². The molecule has 0 atom stereocenters. The molecule has 3 heteroatoms. The summed E-state index contributed by atoms with van der Waals surface area (Å²) in [6, 6.07) is 8.43. The number of hydrogen-bond acceptors (Lipinski definition) is 2. The summed E-state index contributed by atoms with van der Waals surface area (Å²) < 4.78 is 0. The van der Waals surface area contributed by atoms with E-state index in [4.69, 9.17) is 0 Å². The van der Waals surface area contributed by atoms with Gasteiger partial charge in [-0.25, -0.2) is 0 Å². The standard InChI is InChI=1S/C14H22N2O/c1-10(2)14(17)16-13-7-5-12(6-8-13)9-15-11(3)4/h5-8,10-11,15H,9H2,1-4H3,(H,16,17). The van der Waals surface area contributed by atoms with Gasteiger partial charge in [0.05, 0.1) is 0 Å². The van der Waals surface area contributed by atoms with Gasteiger partial charge >= 0.3 is 0 Å². The van der Waals surface area contributed by atoms with Gasteiger partial charge < -0.3 is 10.6 Å². The van der Waals surface area contributed by atoms with Crippen molar-refractivity contribution in [2.45, 2.75) is 40.3 Å². The first-order valence-corrected chi connectivity index (χ1v) is 6.12. The zero-order chi connectivity index (χ0) is 12.8. The summed E-state index contributed by atoms with van der Waals surface area (Å²) in [5, 5.41) is 6.23. The lowest BCUT2D eigenvalue weighted by Gasteiger charge is -2.10. The molecule has 0 radical (unpaired) electrons. The Morgan fingerprint density at radius 3 is 2.18 bits per heavy atom. The fourth-order valence-corrected chi connectivity index (χ4v) is 1.31. The van der Waals surface area contributed by atoms with Crippen LogP contribution in [0.15, 0.2) is 24.3 Å². The van der Waals surface area contributed by atoms with Gasteiger partial charge in [0.15, 0.2) is 0 Å². The molecule has 3 nitrogen and oxygen atoms in total. The fourth-order valence-electron chi connectivity index (χ4n) is 1.31. The molecule has 0 saturated heterocycles. The topological polar surface area (TPSA) is 41.1 Å². The van der Waals surface area contributed by atoms with Crippen LogP contribution in [0, 0.1) is 5.92 Å². The van der Waals surface area contributed by atoms with E-state index in [9.17, 15) is 4.79 Å². The number of nitrogens with one attached hydrogen (secondary N) is 2. The summed E-state index contributed by atoms with van der Waals surface area (Å²) >= 11 is 0. The van der Waals surface area contributed by atoms with E-state index < -0.39 is 0 Å². The molecule has 0 aliphatic rings. The molecule has 1 aromatic rings. The van der Waals surface area contributed by atoms with Gasteiger partial charge in [-0.15, -0.1) is 0 Å². The van der Waals surface area contributed by atoms with Crippen molar-refractivity contribution in [2.24, 2.45) is 5.92 Å². The van der Waals surface area contributed by atoms with E-state index in [1.807, 2.05) is 38.1 Å². The summed E-state index contributed by atoms with van der Waals surface area (Å²) in [6.45, 7) is 8.87. The first-order valence-electron chi connectivity index (χ1n) is 6.12. The van der Waals surface area contributed by atoms with E-state index in [0.29, 0.717) is 6.04 Å². The van der Waals surface area contributed by atoms with E-state index >= 15 is 0 Å². The maximum atomic E-state index is 11.5. The zero-order valence-corrected chi connectivity index (χ0v) is 11.1. The second-order valence-corrected chi connectivity index (χ2v) is 4.88. The maximum Gasteiger partial charge on any atom is 0.226 e. The lowest BCUT2D eigenvalue weighted by molar-refractivity contribution is -0.118. The van der Waals surface area contributed by atoms with E-state index in [2.05, 4.69) is 24.5 Å². The zero-order valence-electron chi connectivity index (χ0n) is 11.1. The van der Waals surface area contributed by atoms with Crippen molar-refractivity contribution in [1.82, 2.24) is 5.32 Å². The summed E-state index contributed by atoms with van der Waals surface area (Å²) in [5.41, 5.74) is 2.08. The number of rotatable bonds is 5. The molecule has 0 aromatic heterocycles. The lowest BCUT2D eigenvalue weighted by atomic mass is 10.1. The highest BCUT2D eigenvalue weighted by molar-refractivity contribution is 5.91. The second-order valence-electron chi connectivity index (χ2n) is 4.88. The highest BCUT2D eigenvalue weighted by Gasteiger charge is 2.06. The van der Waals surface area contributed by atoms with Crippen LogP contribution in [0.3, 0.4) is 0 Å². The Labute approximate surface area is 104 Å². The van der Waals surface area contributed by atoms with Crippen molar-refractivity contribution in [3.05, 3.63) is 29.8 Å². The number of hydrogen-bond donors (Lipinski definition) is 2. The molecule has 1 rings (SSSR count).